The van der Waals surface area contributed by atoms with Crippen molar-refractivity contribution in [1.29, 1.82) is 0 Å². The van der Waals surface area contributed by atoms with E-state index >= 15 is 0 Å². The highest BCUT2D eigenvalue weighted by Gasteiger charge is 2.23. The third kappa shape index (κ3) is 3.85. The number of nitrogens with zero attached hydrogens (tertiary/aromatic N) is 1. The van der Waals surface area contributed by atoms with Crippen LogP contribution in [0.1, 0.15) is 12.0 Å². The van der Waals surface area contributed by atoms with Crippen molar-refractivity contribution in [2.45, 2.75) is 12.8 Å². The molecule has 120 valence electrons. The number of nitrogens with two attached hydrogens (primary N) is 1. The summed E-state index contributed by atoms with van der Waals surface area (Å²) in [6.07, 6.45) is 2.16. The first-order chi connectivity index (χ1) is 10.8. The topological polar surface area (TPSA) is 50.6 Å². The van der Waals surface area contributed by atoms with Gasteiger partial charge in [-0.3, -0.25) is 4.79 Å². The second-order valence-electron chi connectivity index (χ2n) is 6.17. The fourth-order valence-electron chi connectivity index (χ4n) is 3.34. The molecule has 5 heteroatoms. The van der Waals surface area contributed by atoms with Gasteiger partial charge >= 0.3 is 0 Å². The molecule has 3 rings (SSSR count). The number of ether oxygens (including phenoxy) is 1. The number of benzene rings is 1. The zero-order chi connectivity index (χ0) is 15.2. The predicted molar refractivity (Wildman–Crippen MR) is 85.2 cm³/mol. The number of carbonyl (C=O) groups is 1. The maximum absolute atomic E-state index is 12.5. The van der Waals surface area contributed by atoms with E-state index in [0.29, 0.717) is 6.54 Å². The Balaban J connectivity index is 1.44. The number of anilines is 1. The fraction of sp³-hybridized carbons (Fsp3) is 0.588. The van der Waals surface area contributed by atoms with E-state index in [2.05, 4.69) is 23.5 Å². The summed E-state index contributed by atoms with van der Waals surface area (Å²) in [4.78, 5) is 16.0. The Bertz CT molecular complexity index is 500. The Morgan fingerprint density at radius 2 is 2.09 bits per heavy atom. The van der Waals surface area contributed by atoms with E-state index in [0.717, 1.165) is 64.5 Å². The molecule has 1 aromatic rings. The van der Waals surface area contributed by atoms with Crippen LogP contribution in [0, 0.1) is 0 Å². The number of rotatable bonds is 5. The van der Waals surface area contributed by atoms with Gasteiger partial charge in [-0.2, -0.15) is 0 Å². The maximum atomic E-state index is 12.5. The van der Waals surface area contributed by atoms with Crippen molar-refractivity contribution in [3.8, 4) is 0 Å². The number of quaternary nitrogens is 2. The second-order valence-corrected chi connectivity index (χ2v) is 6.17. The second kappa shape index (κ2) is 7.72. The molecule has 2 heterocycles. The van der Waals surface area contributed by atoms with Gasteiger partial charge in [0.05, 0.1) is 13.2 Å². The fourth-order valence-corrected chi connectivity index (χ4v) is 3.34. The summed E-state index contributed by atoms with van der Waals surface area (Å²) in [6.45, 7) is 7.49. The molecule has 0 aromatic heterocycles. The average molecular weight is 305 g/mol. The smallest absolute Gasteiger partial charge is 0.282 e. The molecule has 1 amide bonds. The predicted octanol–water partition coefficient (Wildman–Crippen LogP) is -1.56. The maximum Gasteiger partial charge on any atom is 0.282 e. The molecule has 5 nitrogen and oxygen atoms in total. The van der Waals surface area contributed by atoms with E-state index in [4.69, 9.17) is 4.74 Å². The van der Waals surface area contributed by atoms with Crippen LogP contribution in [0.3, 0.4) is 0 Å². The molecule has 22 heavy (non-hydrogen) atoms. The molecule has 0 atom stereocenters. The molecule has 0 spiro atoms. The van der Waals surface area contributed by atoms with Crippen LogP contribution in [0.5, 0.6) is 0 Å². The van der Waals surface area contributed by atoms with Gasteiger partial charge in [0.2, 0.25) is 0 Å². The third-order valence-electron chi connectivity index (χ3n) is 4.63. The van der Waals surface area contributed by atoms with Gasteiger partial charge < -0.3 is 19.9 Å². The highest BCUT2D eigenvalue weighted by Crippen LogP contribution is 2.26. The number of hydrogen-bond donors (Lipinski definition) is 2. The summed E-state index contributed by atoms with van der Waals surface area (Å²) in [5.41, 5.74) is 2.42. The molecular weight excluding hydrogens is 278 g/mol. The lowest BCUT2D eigenvalue weighted by atomic mass is 10.0. The zero-order valence-corrected chi connectivity index (χ0v) is 13.2. The van der Waals surface area contributed by atoms with Crippen LogP contribution >= 0.6 is 0 Å². The number of aryl methyl sites for hydroxylation is 1. The number of nitrogens with one attached hydrogen (secondary N) is 1. The molecule has 2 aliphatic heterocycles. The van der Waals surface area contributed by atoms with Crippen LogP contribution in [0.25, 0.3) is 0 Å². The normalized spacial score (nSPS) is 19.0. The quantitative estimate of drug-likeness (QED) is 0.647. The minimum absolute atomic E-state index is 0.240. The Hall–Kier alpha value is -1.43. The number of carbonyl (C=O) groups excluding carboxylic acids is 1. The van der Waals surface area contributed by atoms with Crippen LogP contribution in [0.4, 0.5) is 5.69 Å². The van der Waals surface area contributed by atoms with Gasteiger partial charge in [0.1, 0.15) is 26.2 Å². The van der Waals surface area contributed by atoms with Crippen molar-refractivity contribution in [3.63, 3.8) is 0 Å². The number of fused-ring (bicyclic) bond motifs is 1. The van der Waals surface area contributed by atoms with Gasteiger partial charge in [-0.25, -0.2) is 0 Å². The van der Waals surface area contributed by atoms with E-state index in [-0.39, 0.29) is 5.91 Å². The zero-order valence-electron chi connectivity index (χ0n) is 13.2. The molecule has 2 aliphatic rings. The van der Waals surface area contributed by atoms with Crippen LogP contribution in [-0.4, -0.2) is 58.4 Å². The van der Waals surface area contributed by atoms with E-state index in [1.54, 1.807) is 4.90 Å². The highest BCUT2D eigenvalue weighted by atomic mass is 16.5. The number of hydrogen-bond acceptors (Lipinski definition) is 2. The molecule has 1 saturated heterocycles. The standard InChI is InChI=1S/C17H25N3O2/c21-17(14-18-7-9-19-10-12-22-13-11-19)20-8-3-5-15-4-1-2-6-16(15)20/h1-2,4,6,18H,3,5,7-14H2/p+2. The lowest BCUT2D eigenvalue weighted by molar-refractivity contribution is -0.919. The summed E-state index contributed by atoms with van der Waals surface area (Å²) in [7, 11) is 0. The highest BCUT2D eigenvalue weighted by molar-refractivity contribution is 5.95. The summed E-state index contributed by atoms with van der Waals surface area (Å²) < 4.78 is 5.37. The van der Waals surface area contributed by atoms with E-state index in [1.165, 1.54) is 5.56 Å². The molecule has 0 radical (unpaired) electrons. The number of amides is 1. The van der Waals surface area contributed by atoms with Crippen LogP contribution in [0.15, 0.2) is 24.3 Å². The molecule has 0 bridgehead atoms. The third-order valence-corrected chi connectivity index (χ3v) is 4.63. The lowest BCUT2D eigenvalue weighted by Gasteiger charge is -2.29. The Labute approximate surface area is 132 Å². The van der Waals surface area contributed by atoms with E-state index in [1.807, 2.05) is 11.0 Å². The van der Waals surface area contributed by atoms with E-state index < -0.39 is 0 Å². The first-order valence-electron chi connectivity index (χ1n) is 8.46. The summed E-state index contributed by atoms with van der Waals surface area (Å²) in [5.74, 6) is 0.240. The van der Waals surface area contributed by atoms with Crippen LogP contribution in [-0.2, 0) is 16.0 Å². The van der Waals surface area contributed by atoms with Gasteiger partial charge in [0, 0.05) is 12.2 Å². The molecule has 3 N–H and O–H groups in total. The lowest BCUT2D eigenvalue weighted by Crippen LogP contribution is -3.16. The number of morpholine rings is 1. The van der Waals surface area contributed by atoms with Crippen molar-refractivity contribution in [2.75, 3.05) is 57.4 Å². The van der Waals surface area contributed by atoms with Gasteiger partial charge in [0.25, 0.3) is 5.91 Å². The minimum Gasteiger partial charge on any atom is -0.370 e. The first-order valence-corrected chi connectivity index (χ1v) is 8.46. The Kier molecular flexibility index (Phi) is 5.43. The summed E-state index contributed by atoms with van der Waals surface area (Å²) >= 11 is 0. The first kappa shape index (κ1) is 15.5. The van der Waals surface area contributed by atoms with Gasteiger partial charge in [0.15, 0.2) is 6.54 Å². The molecule has 0 saturated carbocycles. The summed E-state index contributed by atoms with van der Waals surface area (Å²) in [6, 6.07) is 8.30. The van der Waals surface area contributed by atoms with Crippen molar-refractivity contribution in [2.24, 2.45) is 0 Å². The SMILES string of the molecule is O=C(C[NH2+]CC[NH+]1CCOCC1)N1CCCc2ccccc21. The molecule has 0 aliphatic carbocycles. The van der Waals surface area contributed by atoms with Crippen LogP contribution < -0.4 is 15.1 Å². The van der Waals surface area contributed by atoms with E-state index in [9.17, 15) is 4.79 Å². The van der Waals surface area contributed by atoms with Gasteiger partial charge in [-0.1, -0.05) is 18.2 Å². The van der Waals surface area contributed by atoms with Gasteiger partial charge in [-0.15, -0.1) is 0 Å². The molecule has 0 unspecified atom stereocenters. The molecular formula is C17H27N3O2+2. The van der Waals surface area contributed by atoms with Crippen LogP contribution in [0.2, 0.25) is 0 Å². The van der Waals surface area contributed by atoms with Crippen molar-refractivity contribution < 1.29 is 19.7 Å². The van der Waals surface area contributed by atoms with Gasteiger partial charge in [-0.05, 0) is 24.5 Å². The summed E-state index contributed by atoms with van der Waals surface area (Å²) in [5, 5.41) is 2.15. The van der Waals surface area contributed by atoms with Crippen molar-refractivity contribution >= 4 is 11.6 Å². The Morgan fingerprint density at radius 1 is 1.27 bits per heavy atom. The molecule has 1 fully saturated rings. The van der Waals surface area contributed by atoms with Crippen molar-refractivity contribution in [1.82, 2.24) is 0 Å². The average Bonchev–Trinajstić information content (AvgIpc) is 2.59. The Morgan fingerprint density at radius 3 is 2.95 bits per heavy atom. The largest absolute Gasteiger partial charge is 0.370 e. The minimum atomic E-state index is 0.240. The molecule has 1 aromatic carbocycles. The van der Waals surface area contributed by atoms with Crippen molar-refractivity contribution in [3.05, 3.63) is 29.8 Å². The number of para-hydroxylation sites is 1. The monoisotopic (exact) mass is 305 g/mol.